The maximum Gasteiger partial charge on any atom is 0.264 e. The lowest BCUT2D eigenvalue weighted by Crippen LogP contribution is -2.32. The lowest BCUT2D eigenvalue weighted by Gasteiger charge is -2.14. The molecular weight excluding hydrogens is 302 g/mol. The van der Waals surface area contributed by atoms with Crippen molar-refractivity contribution in [2.45, 2.75) is 32.0 Å². The fraction of sp³-hybridized carbons (Fsp3) is 0.429. The molecule has 1 amide bonds. The van der Waals surface area contributed by atoms with Crippen molar-refractivity contribution < 1.29 is 4.79 Å². The molecule has 0 fully saturated rings. The molecule has 0 aliphatic heterocycles. The Balaban J connectivity index is 2.23. The average Bonchev–Trinajstić information content (AvgIpc) is 2.71. The first-order valence-corrected chi connectivity index (χ1v) is 8.01. The van der Waals surface area contributed by atoms with Gasteiger partial charge in [0, 0.05) is 24.5 Å². The van der Waals surface area contributed by atoms with Crippen molar-refractivity contribution in [2.24, 2.45) is 7.05 Å². The Morgan fingerprint density at radius 2 is 2.14 bits per heavy atom. The van der Waals surface area contributed by atoms with Gasteiger partial charge >= 0.3 is 0 Å². The van der Waals surface area contributed by atoms with Crippen LogP contribution in [0.15, 0.2) is 16.1 Å². The molecule has 1 atom stereocenters. The molecule has 2 aromatic rings. The van der Waals surface area contributed by atoms with E-state index in [9.17, 15) is 9.59 Å². The number of carbonyl (C=O) groups is 1. The number of hydrogen-bond donors (Lipinski definition) is 2. The van der Waals surface area contributed by atoms with Crippen molar-refractivity contribution in [1.29, 1.82) is 0 Å². The SMILES string of the molecule is CSc1ncc(C(=O)NC(C)c2c(C)nn(C)c2C)c(=O)[nH]1. The van der Waals surface area contributed by atoms with Gasteiger partial charge in [-0.2, -0.15) is 5.10 Å². The largest absolute Gasteiger partial charge is 0.345 e. The van der Waals surface area contributed by atoms with Gasteiger partial charge in [0.1, 0.15) is 5.56 Å². The number of aryl methyl sites for hydroxylation is 2. The lowest BCUT2D eigenvalue weighted by molar-refractivity contribution is 0.0937. The predicted molar refractivity (Wildman–Crippen MR) is 85.2 cm³/mol. The highest BCUT2D eigenvalue weighted by molar-refractivity contribution is 7.98. The minimum absolute atomic E-state index is 0.00356. The first-order chi connectivity index (χ1) is 10.3. The second kappa shape index (κ2) is 6.35. The van der Waals surface area contributed by atoms with Crippen LogP contribution in [0.3, 0.4) is 0 Å². The summed E-state index contributed by atoms with van der Waals surface area (Å²) in [5.74, 6) is -0.448. The molecule has 0 spiro atoms. The van der Waals surface area contributed by atoms with Crippen LogP contribution in [0.5, 0.6) is 0 Å². The van der Waals surface area contributed by atoms with Crippen LogP contribution in [0, 0.1) is 13.8 Å². The molecule has 0 aliphatic rings. The van der Waals surface area contributed by atoms with Crippen molar-refractivity contribution >= 4 is 17.7 Å². The molecule has 7 nitrogen and oxygen atoms in total. The molecule has 0 saturated carbocycles. The van der Waals surface area contributed by atoms with E-state index in [1.54, 1.807) is 10.9 Å². The first kappa shape index (κ1) is 16.3. The van der Waals surface area contributed by atoms with E-state index in [0.29, 0.717) is 5.16 Å². The topological polar surface area (TPSA) is 92.7 Å². The van der Waals surface area contributed by atoms with Crippen LogP contribution in [0.2, 0.25) is 0 Å². The molecule has 1 unspecified atom stereocenters. The molecule has 0 radical (unpaired) electrons. The van der Waals surface area contributed by atoms with Crippen LogP contribution in [-0.4, -0.2) is 31.9 Å². The van der Waals surface area contributed by atoms with E-state index in [0.717, 1.165) is 17.0 Å². The number of nitrogens with one attached hydrogen (secondary N) is 2. The summed E-state index contributed by atoms with van der Waals surface area (Å²) in [6, 6.07) is -0.249. The van der Waals surface area contributed by atoms with Crippen LogP contribution in [0.25, 0.3) is 0 Å². The van der Waals surface area contributed by atoms with Crippen LogP contribution < -0.4 is 10.9 Å². The van der Waals surface area contributed by atoms with E-state index >= 15 is 0 Å². The number of H-pyrrole nitrogens is 1. The van der Waals surface area contributed by atoms with Crippen molar-refractivity contribution in [1.82, 2.24) is 25.1 Å². The summed E-state index contributed by atoms with van der Waals surface area (Å²) in [4.78, 5) is 30.8. The van der Waals surface area contributed by atoms with Gasteiger partial charge in [-0.15, -0.1) is 0 Å². The van der Waals surface area contributed by atoms with Crippen LogP contribution >= 0.6 is 11.8 Å². The summed E-state index contributed by atoms with van der Waals surface area (Å²) < 4.78 is 1.77. The summed E-state index contributed by atoms with van der Waals surface area (Å²) in [5, 5.41) is 7.64. The van der Waals surface area contributed by atoms with Crippen molar-refractivity contribution in [3.63, 3.8) is 0 Å². The molecule has 2 heterocycles. The maximum atomic E-state index is 12.3. The molecule has 2 N–H and O–H groups in total. The Labute approximate surface area is 132 Å². The quantitative estimate of drug-likeness (QED) is 0.655. The number of carbonyl (C=O) groups excluding carboxylic acids is 1. The summed E-state index contributed by atoms with van der Waals surface area (Å²) in [7, 11) is 1.86. The molecule has 118 valence electrons. The number of amides is 1. The lowest BCUT2D eigenvalue weighted by atomic mass is 10.1. The Kier molecular flexibility index (Phi) is 4.70. The zero-order valence-electron chi connectivity index (χ0n) is 13.2. The number of nitrogens with zero attached hydrogens (tertiary/aromatic N) is 3. The third-order valence-electron chi connectivity index (χ3n) is 3.56. The van der Waals surface area contributed by atoms with Gasteiger partial charge in [-0.1, -0.05) is 11.8 Å². The summed E-state index contributed by atoms with van der Waals surface area (Å²) in [6.45, 7) is 5.71. The van der Waals surface area contributed by atoms with E-state index in [-0.39, 0.29) is 11.6 Å². The number of rotatable bonds is 4. The smallest absolute Gasteiger partial charge is 0.264 e. The van der Waals surface area contributed by atoms with E-state index in [1.807, 2.05) is 27.8 Å². The summed E-state index contributed by atoms with van der Waals surface area (Å²) in [6.07, 6.45) is 3.10. The average molecular weight is 321 g/mol. The summed E-state index contributed by atoms with van der Waals surface area (Å²) in [5.41, 5.74) is 2.36. The van der Waals surface area contributed by atoms with Gasteiger partial charge in [-0.3, -0.25) is 14.3 Å². The van der Waals surface area contributed by atoms with Gasteiger partial charge in [0.25, 0.3) is 11.5 Å². The Hall–Kier alpha value is -2.09. The molecule has 0 bridgehead atoms. The van der Waals surface area contributed by atoms with Crippen molar-refractivity contribution in [2.75, 3.05) is 6.26 Å². The standard InChI is InChI=1S/C14H19N5O2S/c1-7(11-8(2)18-19(4)9(11)3)16-12(20)10-6-15-14(22-5)17-13(10)21/h6-7H,1-5H3,(H,16,20)(H,15,17,21). The fourth-order valence-electron chi connectivity index (χ4n) is 2.41. The first-order valence-electron chi connectivity index (χ1n) is 6.79. The molecule has 2 aromatic heterocycles. The number of aromatic amines is 1. The third-order valence-corrected chi connectivity index (χ3v) is 4.15. The van der Waals surface area contributed by atoms with Crippen molar-refractivity contribution in [3.05, 3.63) is 39.1 Å². The zero-order chi connectivity index (χ0) is 16.4. The van der Waals surface area contributed by atoms with Crippen LogP contribution in [0.1, 0.15) is 40.3 Å². The van der Waals surface area contributed by atoms with Gasteiger partial charge < -0.3 is 10.3 Å². The normalized spacial score (nSPS) is 12.2. The van der Waals surface area contributed by atoms with E-state index < -0.39 is 11.5 Å². The zero-order valence-corrected chi connectivity index (χ0v) is 14.0. The molecule has 0 saturated heterocycles. The third kappa shape index (κ3) is 3.06. The molecular formula is C14H19N5O2S. The molecule has 0 aliphatic carbocycles. The van der Waals surface area contributed by atoms with Gasteiger partial charge in [-0.25, -0.2) is 4.98 Å². The highest BCUT2D eigenvalue weighted by Crippen LogP contribution is 2.20. The maximum absolute atomic E-state index is 12.3. The van der Waals surface area contributed by atoms with Crippen molar-refractivity contribution in [3.8, 4) is 0 Å². The van der Waals surface area contributed by atoms with Gasteiger partial charge in [0.05, 0.1) is 11.7 Å². The Morgan fingerprint density at radius 1 is 1.45 bits per heavy atom. The monoisotopic (exact) mass is 321 g/mol. The van der Waals surface area contributed by atoms with Crippen LogP contribution in [-0.2, 0) is 7.05 Å². The van der Waals surface area contributed by atoms with Crippen LogP contribution in [0.4, 0.5) is 0 Å². The molecule has 2 rings (SSSR count). The van der Waals surface area contributed by atoms with E-state index in [1.165, 1.54) is 18.0 Å². The van der Waals surface area contributed by atoms with Gasteiger partial charge in [0.15, 0.2) is 5.16 Å². The highest BCUT2D eigenvalue weighted by atomic mass is 32.2. The number of aromatic nitrogens is 4. The second-order valence-corrected chi connectivity index (χ2v) is 5.83. The number of thioether (sulfide) groups is 1. The van der Waals surface area contributed by atoms with E-state index in [2.05, 4.69) is 20.4 Å². The van der Waals surface area contributed by atoms with Gasteiger partial charge in [0.2, 0.25) is 0 Å². The molecule has 8 heteroatoms. The Morgan fingerprint density at radius 3 is 2.64 bits per heavy atom. The number of hydrogen-bond acceptors (Lipinski definition) is 5. The Bertz CT molecular complexity index is 765. The highest BCUT2D eigenvalue weighted by Gasteiger charge is 2.20. The van der Waals surface area contributed by atoms with Gasteiger partial charge in [-0.05, 0) is 27.0 Å². The van der Waals surface area contributed by atoms with E-state index in [4.69, 9.17) is 0 Å². The minimum atomic E-state index is -0.448. The fourth-order valence-corrected chi connectivity index (χ4v) is 2.76. The minimum Gasteiger partial charge on any atom is -0.345 e. The second-order valence-electron chi connectivity index (χ2n) is 5.04. The molecule has 22 heavy (non-hydrogen) atoms. The summed E-state index contributed by atoms with van der Waals surface area (Å²) >= 11 is 1.31. The predicted octanol–water partition coefficient (Wildman–Crippen LogP) is 1.33. The molecule has 0 aromatic carbocycles.